The predicted molar refractivity (Wildman–Crippen MR) is 99.4 cm³/mol. The van der Waals surface area contributed by atoms with Crippen molar-refractivity contribution in [3.8, 4) is 0 Å². The molecule has 0 aliphatic rings. The third kappa shape index (κ3) is 5.09. The molecule has 0 unspecified atom stereocenters. The van der Waals surface area contributed by atoms with Crippen molar-refractivity contribution in [2.75, 3.05) is 20.3 Å². The summed E-state index contributed by atoms with van der Waals surface area (Å²) in [6.45, 7) is 4.43. The second-order valence-electron chi connectivity index (χ2n) is 5.48. The monoisotopic (exact) mass is 423 g/mol. The average molecular weight is 424 g/mol. The van der Waals surface area contributed by atoms with Crippen LogP contribution in [0.1, 0.15) is 16.1 Å². The number of amides is 1. The van der Waals surface area contributed by atoms with Gasteiger partial charge in [-0.2, -0.15) is 5.10 Å². The second kappa shape index (κ2) is 9.40. The lowest BCUT2D eigenvalue weighted by atomic mass is 10.2. The van der Waals surface area contributed by atoms with Crippen molar-refractivity contribution in [2.45, 2.75) is 13.1 Å². The fourth-order valence-electron chi connectivity index (χ4n) is 2.31. The molecule has 0 saturated carbocycles. The lowest BCUT2D eigenvalue weighted by Crippen LogP contribution is -2.34. The topological polar surface area (TPSA) is 64.4 Å². The van der Waals surface area contributed by atoms with Crippen LogP contribution in [0.3, 0.4) is 0 Å². The van der Waals surface area contributed by atoms with Crippen molar-refractivity contribution >= 4 is 21.8 Å². The van der Waals surface area contributed by atoms with Gasteiger partial charge in [-0.25, -0.2) is 9.07 Å². The van der Waals surface area contributed by atoms with Crippen LogP contribution in [0, 0.1) is 5.82 Å². The molecule has 1 aromatic carbocycles. The molecule has 0 N–H and O–H groups in total. The molecule has 138 valence electrons. The van der Waals surface area contributed by atoms with Gasteiger partial charge in [0.05, 0.1) is 13.2 Å². The molecule has 0 atom stereocenters. The van der Waals surface area contributed by atoms with Crippen LogP contribution in [0.2, 0.25) is 0 Å². The zero-order chi connectivity index (χ0) is 19.1. The maximum atomic E-state index is 14.0. The summed E-state index contributed by atoms with van der Waals surface area (Å²) in [5, 5.41) is 4.09. The van der Waals surface area contributed by atoms with Crippen molar-refractivity contribution in [1.29, 1.82) is 0 Å². The first-order valence-corrected chi connectivity index (χ1v) is 8.66. The lowest BCUT2D eigenvalue weighted by Gasteiger charge is -2.21. The number of aromatic nitrogens is 2. The lowest BCUT2D eigenvalue weighted by molar-refractivity contribution is 0.0751. The van der Waals surface area contributed by atoms with Gasteiger partial charge in [0.15, 0.2) is 0 Å². The van der Waals surface area contributed by atoms with E-state index in [2.05, 4.69) is 27.6 Å². The van der Waals surface area contributed by atoms with E-state index in [9.17, 15) is 14.0 Å². The smallest absolute Gasteiger partial charge is 0.274 e. The zero-order valence-corrected chi connectivity index (χ0v) is 15.9. The van der Waals surface area contributed by atoms with Crippen LogP contribution in [0.15, 0.2) is 52.3 Å². The van der Waals surface area contributed by atoms with E-state index in [0.717, 1.165) is 0 Å². The van der Waals surface area contributed by atoms with Crippen LogP contribution in [0.4, 0.5) is 4.39 Å². The minimum Gasteiger partial charge on any atom is -0.383 e. The highest BCUT2D eigenvalue weighted by atomic mass is 79.9. The largest absolute Gasteiger partial charge is 0.383 e. The van der Waals surface area contributed by atoms with Gasteiger partial charge in [0.2, 0.25) is 0 Å². The van der Waals surface area contributed by atoms with Gasteiger partial charge in [-0.05, 0) is 24.3 Å². The van der Waals surface area contributed by atoms with Gasteiger partial charge in [0.25, 0.3) is 11.5 Å². The quantitative estimate of drug-likeness (QED) is 0.612. The van der Waals surface area contributed by atoms with Crippen LogP contribution in [0.5, 0.6) is 0 Å². The Labute approximate surface area is 159 Å². The van der Waals surface area contributed by atoms with Gasteiger partial charge < -0.3 is 9.64 Å². The van der Waals surface area contributed by atoms with E-state index in [4.69, 9.17) is 4.74 Å². The molecule has 0 fully saturated rings. The maximum Gasteiger partial charge on any atom is 0.274 e. The third-order valence-electron chi connectivity index (χ3n) is 3.60. The van der Waals surface area contributed by atoms with Gasteiger partial charge in [-0.1, -0.05) is 22.0 Å². The molecular formula is C18H19BrFN3O3. The molecule has 8 heteroatoms. The van der Waals surface area contributed by atoms with E-state index in [0.29, 0.717) is 16.6 Å². The van der Waals surface area contributed by atoms with E-state index < -0.39 is 11.7 Å². The van der Waals surface area contributed by atoms with Crippen molar-refractivity contribution < 1.29 is 13.9 Å². The number of carbonyl (C=O) groups excluding carboxylic acids is 1. The highest BCUT2D eigenvalue weighted by molar-refractivity contribution is 9.10. The fraction of sp³-hybridized carbons (Fsp3) is 0.278. The molecule has 1 heterocycles. The normalized spacial score (nSPS) is 10.6. The number of benzene rings is 1. The Kier molecular flexibility index (Phi) is 7.23. The SMILES string of the molecule is C=CCN(Cc1cc(Br)ccc1F)C(=O)c1ccc(=O)n(CCOC)n1. The number of ether oxygens (including phenoxy) is 1. The molecule has 0 spiro atoms. The van der Waals surface area contributed by atoms with Gasteiger partial charge in [-0.3, -0.25) is 9.59 Å². The highest BCUT2D eigenvalue weighted by Gasteiger charge is 2.19. The van der Waals surface area contributed by atoms with Gasteiger partial charge in [-0.15, -0.1) is 6.58 Å². The summed E-state index contributed by atoms with van der Waals surface area (Å²) in [6, 6.07) is 7.18. The Balaban J connectivity index is 2.29. The average Bonchev–Trinajstić information content (AvgIpc) is 2.63. The molecule has 0 aliphatic carbocycles. The number of halogens is 2. The Morgan fingerprint density at radius 1 is 1.42 bits per heavy atom. The summed E-state index contributed by atoms with van der Waals surface area (Å²) in [5.74, 6) is -0.830. The van der Waals surface area contributed by atoms with Gasteiger partial charge in [0, 0.05) is 36.3 Å². The van der Waals surface area contributed by atoms with Crippen LogP contribution >= 0.6 is 15.9 Å². The Bertz CT molecular complexity index is 854. The summed E-state index contributed by atoms with van der Waals surface area (Å²) in [5.41, 5.74) is 0.132. The zero-order valence-electron chi connectivity index (χ0n) is 14.3. The predicted octanol–water partition coefficient (Wildman–Crippen LogP) is 2.62. The highest BCUT2D eigenvalue weighted by Crippen LogP contribution is 2.18. The van der Waals surface area contributed by atoms with Crippen molar-refractivity contribution in [1.82, 2.24) is 14.7 Å². The Hall–Kier alpha value is -2.32. The molecular weight excluding hydrogens is 405 g/mol. The molecule has 2 aromatic rings. The van der Waals surface area contributed by atoms with Crippen molar-refractivity contribution in [2.24, 2.45) is 0 Å². The number of hydrogen-bond donors (Lipinski definition) is 0. The molecule has 1 amide bonds. The Morgan fingerprint density at radius 3 is 2.88 bits per heavy atom. The molecule has 0 radical (unpaired) electrons. The Morgan fingerprint density at radius 2 is 2.19 bits per heavy atom. The van der Waals surface area contributed by atoms with E-state index in [1.807, 2.05) is 0 Å². The van der Waals surface area contributed by atoms with Crippen molar-refractivity contribution in [3.05, 3.63) is 74.9 Å². The maximum absolute atomic E-state index is 14.0. The van der Waals surface area contributed by atoms with Gasteiger partial charge in [0.1, 0.15) is 11.5 Å². The van der Waals surface area contributed by atoms with Gasteiger partial charge >= 0.3 is 0 Å². The van der Waals surface area contributed by atoms with E-state index in [1.165, 1.54) is 34.9 Å². The third-order valence-corrected chi connectivity index (χ3v) is 4.09. The molecule has 26 heavy (non-hydrogen) atoms. The molecule has 0 bridgehead atoms. The molecule has 1 aromatic heterocycles. The van der Waals surface area contributed by atoms with E-state index in [-0.39, 0.29) is 30.9 Å². The number of carbonyl (C=O) groups is 1. The first-order valence-electron chi connectivity index (χ1n) is 7.87. The molecule has 0 aliphatic heterocycles. The van der Waals surface area contributed by atoms with E-state index >= 15 is 0 Å². The minimum atomic E-state index is -0.421. The van der Waals surface area contributed by atoms with E-state index in [1.54, 1.807) is 18.2 Å². The minimum absolute atomic E-state index is 0.0506. The van der Waals surface area contributed by atoms with Crippen LogP contribution in [-0.4, -0.2) is 40.8 Å². The summed E-state index contributed by atoms with van der Waals surface area (Å²) < 4.78 is 20.9. The second-order valence-corrected chi connectivity index (χ2v) is 6.40. The van der Waals surface area contributed by atoms with Crippen LogP contribution in [0.25, 0.3) is 0 Å². The molecule has 0 saturated heterocycles. The molecule has 6 nitrogen and oxygen atoms in total. The number of hydrogen-bond acceptors (Lipinski definition) is 4. The van der Waals surface area contributed by atoms with Crippen LogP contribution < -0.4 is 5.56 Å². The summed E-state index contributed by atoms with van der Waals surface area (Å²) in [6.07, 6.45) is 1.55. The number of rotatable bonds is 8. The standard InChI is InChI=1S/C18H19BrFN3O3/c1-3-8-22(12-13-11-14(19)4-5-15(13)20)18(25)16-6-7-17(24)23(21-16)9-10-26-2/h3-7,11H,1,8-10,12H2,2H3. The fourth-order valence-corrected chi connectivity index (χ4v) is 2.72. The first-order chi connectivity index (χ1) is 12.5. The number of methoxy groups -OCH3 is 1. The van der Waals surface area contributed by atoms with Crippen LogP contribution in [-0.2, 0) is 17.8 Å². The summed E-state index contributed by atoms with van der Waals surface area (Å²) in [4.78, 5) is 26.0. The summed E-state index contributed by atoms with van der Waals surface area (Å²) in [7, 11) is 1.51. The molecule has 2 rings (SSSR count). The van der Waals surface area contributed by atoms with Crippen molar-refractivity contribution in [3.63, 3.8) is 0 Å². The summed E-state index contributed by atoms with van der Waals surface area (Å²) >= 11 is 3.30. The number of nitrogens with zero attached hydrogens (tertiary/aromatic N) is 3. The first kappa shape index (κ1) is 20.0.